The van der Waals surface area contributed by atoms with E-state index >= 15 is 0 Å². The fourth-order valence-corrected chi connectivity index (χ4v) is 3.41. The van der Waals surface area contributed by atoms with Gasteiger partial charge in [-0.25, -0.2) is 8.42 Å². The number of anilines is 1. The van der Waals surface area contributed by atoms with Crippen molar-refractivity contribution in [1.82, 2.24) is 0 Å². The lowest BCUT2D eigenvalue weighted by molar-refractivity contribution is 0.386. The van der Waals surface area contributed by atoms with Gasteiger partial charge in [-0.1, -0.05) is 29.3 Å². The van der Waals surface area contributed by atoms with Crippen LogP contribution in [-0.2, 0) is 10.0 Å². The lowest BCUT2D eigenvalue weighted by atomic mass is 10.3. The predicted molar refractivity (Wildman–Crippen MR) is 86.8 cm³/mol. The van der Waals surface area contributed by atoms with Gasteiger partial charge in [0.2, 0.25) is 0 Å². The Morgan fingerprint density at radius 3 is 2.41 bits per heavy atom. The van der Waals surface area contributed by atoms with E-state index in [9.17, 15) is 8.42 Å². The van der Waals surface area contributed by atoms with Crippen LogP contribution in [0.25, 0.3) is 0 Å². The summed E-state index contributed by atoms with van der Waals surface area (Å²) in [4.78, 5) is -0.0353. The third-order valence-electron chi connectivity index (χ3n) is 2.86. The molecular weight excluding hydrogens is 349 g/mol. The molecule has 118 valence electrons. The van der Waals surface area contributed by atoms with E-state index in [-0.39, 0.29) is 26.4 Å². The van der Waals surface area contributed by atoms with Crippen LogP contribution >= 0.6 is 23.2 Å². The molecule has 2 aromatic rings. The summed E-state index contributed by atoms with van der Waals surface area (Å²) in [7, 11) is -1.04. The van der Waals surface area contributed by atoms with E-state index in [2.05, 4.69) is 4.72 Å². The Morgan fingerprint density at radius 2 is 1.77 bits per heavy atom. The number of hydrogen-bond acceptors (Lipinski definition) is 4. The number of hydrogen-bond donors (Lipinski definition) is 1. The summed E-state index contributed by atoms with van der Waals surface area (Å²) in [5.74, 6) is 0.640. The van der Waals surface area contributed by atoms with Crippen LogP contribution in [0.4, 0.5) is 5.69 Å². The first kappa shape index (κ1) is 16.7. The van der Waals surface area contributed by atoms with E-state index in [1.165, 1.54) is 38.5 Å². The lowest BCUT2D eigenvalue weighted by Gasteiger charge is -2.13. The summed E-state index contributed by atoms with van der Waals surface area (Å²) in [6.45, 7) is 0. The average Bonchev–Trinajstić information content (AvgIpc) is 2.51. The molecule has 0 aromatic heterocycles. The summed E-state index contributed by atoms with van der Waals surface area (Å²) < 4.78 is 37.6. The molecule has 0 fully saturated rings. The van der Waals surface area contributed by atoms with E-state index in [0.717, 1.165) is 0 Å². The molecule has 0 bridgehead atoms. The Labute approximate surface area is 138 Å². The molecule has 0 aliphatic carbocycles. The first-order chi connectivity index (χ1) is 10.4. The second-order valence-electron chi connectivity index (χ2n) is 4.22. The van der Waals surface area contributed by atoms with E-state index in [0.29, 0.717) is 5.75 Å². The maximum absolute atomic E-state index is 12.5. The number of halogens is 2. The topological polar surface area (TPSA) is 64.6 Å². The molecule has 0 aliphatic heterocycles. The Kier molecular flexibility index (Phi) is 5.05. The zero-order valence-corrected chi connectivity index (χ0v) is 14.1. The molecule has 0 radical (unpaired) electrons. The molecular formula is C14H13Cl2NO4S. The Balaban J connectivity index is 2.45. The maximum Gasteiger partial charge on any atom is 0.265 e. The Hall–Kier alpha value is -1.63. The van der Waals surface area contributed by atoms with E-state index in [4.69, 9.17) is 32.7 Å². The minimum absolute atomic E-state index is 0.0353. The first-order valence-corrected chi connectivity index (χ1v) is 8.32. The SMILES string of the molecule is COc1ccc(S(=O)(=O)Nc2cccc(Cl)c2Cl)c(OC)c1. The van der Waals surface area contributed by atoms with Crippen LogP contribution in [0.2, 0.25) is 10.0 Å². The summed E-state index contributed by atoms with van der Waals surface area (Å²) in [5, 5.41) is 0.379. The third kappa shape index (κ3) is 3.40. The van der Waals surface area contributed by atoms with E-state index in [1.54, 1.807) is 12.1 Å². The minimum Gasteiger partial charge on any atom is -0.497 e. The van der Waals surface area contributed by atoms with Crippen LogP contribution in [0.5, 0.6) is 11.5 Å². The van der Waals surface area contributed by atoms with Crippen LogP contribution in [0.1, 0.15) is 0 Å². The molecule has 0 aliphatic rings. The number of rotatable bonds is 5. The molecule has 0 saturated carbocycles. The molecule has 22 heavy (non-hydrogen) atoms. The van der Waals surface area contributed by atoms with Crippen LogP contribution in [0.15, 0.2) is 41.3 Å². The number of methoxy groups -OCH3 is 2. The third-order valence-corrected chi connectivity index (χ3v) is 5.08. The van der Waals surface area contributed by atoms with Crippen molar-refractivity contribution in [2.24, 2.45) is 0 Å². The second-order valence-corrected chi connectivity index (χ2v) is 6.66. The highest BCUT2D eigenvalue weighted by Gasteiger charge is 2.21. The van der Waals surface area contributed by atoms with Crippen molar-refractivity contribution in [1.29, 1.82) is 0 Å². The van der Waals surface area contributed by atoms with E-state index < -0.39 is 10.0 Å². The monoisotopic (exact) mass is 361 g/mol. The summed E-state index contributed by atoms with van der Waals surface area (Å²) >= 11 is 11.9. The van der Waals surface area contributed by atoms with Gasteiger partial charge in [-0.2, -0.15) is 0 Å². The number of benzene rings is 2. The summed E-state index contributed by atoms with van der Waals surface area (Å²) in [6, 6.07) is 9.07. The van der Waals surface area contributed by atoms with Gasteiger partial charge in [-0.05, 0) is 24.3 Å². The number of nitrogens with one attached hydrogen (secondary N) is 1. The molecule has 0 saturated heterocycles. The van der Waals surface area contributed by atoms with Gasteiger partial charge in [0.1, 0.15) is 16.4 Å². The van der Waals surface area contributed by atoms with Crippen molar-refractivity contribution >= 4 is 38.9 Å². The van der Waals surface area contributed by atoms with Crippen molar-refractivity contribution in [2.75, 3.05) is 18.9 Å². The van der Waals surface area contributed by atoms with Crippen molar-refractivity contribution in [2.45, 2.75) is 4.90 Å². The first-order valence-electron chi connectivity index (χ1n) is 6.08. The minimum atomic E-state index is -3.89. The van der Waals surface area contributed by atoms with Crippen LogP contribution < -0.4 is 14.2 Å². The van der Waals surface area contributed by atoms with Gasteiger partial charge in [0.15, 0.2) is 0 Å². The van der Waals surface area contributed by atoms with Crippen LogP contribution in [0.3, 0.4) is 0 Å². The highest BCUT2D eigenvalue weighted by Crippen LogP contribution is 2.34. The number of sulfonamides is 1. The van der Waals surface area contributed by atoms with Gasteiger partial charge in [0.05, 0.1) is 30.0 Å². The van der Waals surface area contributed by atoms with Gasteiger partial charge in [-0.15, -0.1) is 0 Å². The quantitative estimate of drug-likeness (QED) is 0.879. The normalized spacial score (nSPS) is 11.1. The van der Waals surface area contributed by atoms with Gasteiger partial charge in [0, 0.05) is 6.07 Å². The smallest absolute Gasteiger partial charge is 0.265 e. The summed E-state index contributed by atoms with van der Waals surface area (Å²) in [5.41, 5.74) is 0.187. The molecule has 8 heteroatoms. The Morgan fingerprint density at radius 1 is 1.05 bits per heavy atom. The van der Waals surface area contributed by atoms with Crippen LogP contribution in [0, 0.1) is 0 Å². The van der Waals surface area contributed by atoms with Crippen molar-refractivity contribution < 1.29 is 17.9 Å². The average molecular weight is 362 g/mol. The standard InChI is InChI=1S/C14H13Cl2NO4S/c1-20-9-6-7-13(12(8-9)21-2)22(18,19)17-11-5-3-4-10(15)14(11)16/h3-8,17H,1-2H3. The Bertz CT molecular complexity index is 793. The van der Waals surface area contributed by atoms with Crippen molar-refractivity contribution in [3.05, 3.63) is 46.4 Å². The molecule has 0 unspecified atom stereocenters. The zero-order chi connectivity index (χ0) is 16.3. The predicted octanol–water partition coefficient (Wildman–Crippen LogP) is 3.81. The molecule has 5 nitrogen and oxygen atoms in total. The zero-order valence-electron chi connectivity index (χ0n) is 11.8. The second kappa shape index (κ2) is 6.64. The molecule has 0 spiro atoms. The van der Waals surface area contributed by atoms with Gasteiger partial charge in [-0.3, -0.25) is 4.72 Å². The fraction of sp³-hybridized carbons (Fsp3) is 0.143. The molecule has 1 N–H and O–H groups in total. The molecule has 0 heterocycles. The van der Waals surface area contributed by atoms with Crippen molar-refractivity contribution in [3.63, 3.8) is 0 Å². The van der Waals surface area contributed by atoms with Gasteiger partial charge >= 0.3 is 0 Å². The van der Waals surface area contributed by atoms with Crippen LogP contribution in [-0.4, -0.2) is 22.6 Å². The summed E-state index contributed by atoms with van der Waals surface area (Å²) in [6.07, 6.45) is 0. The highest BCUT2D eigenvalue weighted by atomic mass is 35.5. The lowest BCUT2D eigenvalue weighted by Crippen LogP contribution is -2.14. The van der Waals surface area contributed by atoms with Crippen molar-refractivity contribution in [3.8, 4) is 11.5 Å². The maximum atomic E-state index is 12.5. The highest BCUT2D eigenvalue weighted by molar-refractivity contribution is 7.92. The molecule has 2 aromatic carbocycles. The van der Waals surface area contributed by atoms with Gasteiger partial charge in [0.25, 0.3) is 10.0 Å². The number of ether oxygens (including phenoxy) is 2. The molecule has 2 rings (SSSR count). The molecule has 0 atom stereocenters. The molecule has 0 amide bonds. The largest absolute Gasteiger partial charge is 0.497 e. The van der Waals surface area contributed by atoms with E-state index in [1.807, 2.05) is 0 Å². The fourth-order valence-electron chi connectivity index (χ4n) is 1.78. The van der Waals surface area contributed by atoms with Gasteiger partial charge < -0.3 is 9.47 Å².